The Morgan fingerprint density at radius 2 is 2.24 bits per heavy atom. The molecule has 2 N–H and O–H groups in total. The summed E-state index contributed by atoms with van der Waals surface area (Å²) in [6.07, 6.45) is 6.00. The van der Waals surface area contributed by atoms with E-state index in [0.717, 1.165) is 19.3 Å². The van der Waals surface area contributed by atoms with Gasteiger partial charge in [0, 0.05) is 12.1 Å². The second-order valence-electron chi connectivity index (χ2n) is 4.53. The van der Waals surface area contributed by atoms with Gasteiger partial charge in [0.25, 0.3) is 5.91 Å². The number of aromatic nitrogens is 2. The lowest BCUT2D eigenvalue weighted by Gasteiger charge is -2.27. The van der Waals surface area contributed by atoms with E-state index in [1.807, 2.05) is 4.90 Å². The fourth-order valence-corrected chi connectivity index (χ4v) is 2.42. The van der Waals surface area contributed by atoms with Crippen LogP contribution in [-0.4, -0.2) is 32.9 Å². The summed E-state index contributed by atoms with van der Waals surface area (Å²) in [5.41, 5.74) is 5.84. The van der Waals surface area contributed by atoms with E-state index in [-0.39, 0.29) is 11.9 Å². The summed E-state index contributed by atoms with van der Waals surface area (Å²) in [6.45, 7) is 4.19. The molecule has 2 heterocycles. The zero-order valence-corrected chi connectivity index (χ0v) is 10.3. The van der Waals surface area contributed by atoms with Crippen LogP contribution >= 0.6 is 0 Å². The minimum atomic E-state index is -0.0330. The quantitative estimate of drug-likeness (QED) is 0.841. The molecule has 1 aliphatic rings. The topological polar surface area (TPSA) is 72.1 Å². The van der Waals surface area contributed by atoms with Crippen molar-refractivity contribution in [3.63, 3.8) is 0 Å². The van der Waals surface area contributed by atoms with Gasteiger partial charge in [-0.2, -0.15) is 0 Å². The molecule has 17 heavy (non-hydrogen) atoms. The average Bonchev–Trinajstić information content (AvgIpc) is 2.70. The van der Waals surface area contributed by atoms with E-state index in [2.05, 4.69) is 23.8 Å². The molecule has 0 spiro atoms. The minimum absolute atomic E-state index is 0.0330. The van der Waals surface area contributed by atoms with E-state index in [0.29, 0.717) is 17.6 Å². The number of amides is 1. The Morgan fingerprint density at radius 3 is 2.82 bits per heavy atom. The van der Waals surface area contributed by atoms with Crippen LogP contribution in [0.15, 0.2) is 12.4 Å². The zero-order chi connectivity index (χ0) is 12.4. The minimum Gasteiger partial charge on any atom is -0.382 e. The molecule has 5 nitrogen and oxygen atoms in total. The fraction of sp³-hybridized carbons (Fsp3) is 0.583. The number of nitrogens with two attached hydrogens (primary N) is 1. The Bertz CT molecular complexity index is 403. The molecule has 0 radical (unpaired) electrons. The highest BCUT2D eigenvalue weighted by Gasteiger charge is 2.34. The van der Waals surface area contributed by atoms with Gasteiger partial charge in [-0.3, -0.25) is 4.79 Å². The van der Waals surface area contributed by atoms with Crippen molar-refractivity contribution in [2.24, 2.45) is 0 Å². The third-order valence-electron chi connectivity index (χ3n) is 3.38. The van der Waals surface area contributed by atoms with E-state index in [4.69, 9.17) is 5.73 Å². The first-order valence-corrected chi connectivity index (χ1v) is 6.03. The SMILES string of the molecule is CCC1CCC(C)N1C(=O)c1cnc(N)cn1. The van der Waals surface area contributed by atoms with Crippen molar-refractivity contribution in [1.82, 2.24) is 14.9 Å². The maximum atomic E-state index is 12.3. The van der Waals surface area contributed by atoms with Crippen LogP contribution in [0.4, 0.5) is 5.82 Å². The number of anilines is 1. The molecule has 0 bridgehead atoms. The summed E-state index contributed by atoms with van der Waals surface area (Å²) in [4.78, 5) is 22.2. The first kappa shape index (κ1) is 11.8. The van der Waals surface area contributed by atoms with E-state index in [9.17, 15) is 4.79 Å². The molecular weight excluding hydrogens is 216 g/mol. The smallest absolute Gasteiger partial charge is 0.274 e. The number of rotatable bonds is 2. The van der Waals surface area contributed by atoms with E-state index >= 15 is 0 Å². The highest BCUT2D eigenvalue weighted by atomic mass is 16.2. The summed E-state index contributed by atoms with van der Waals surface area (Å²) in [7, 11) is 0. The fourth-order valence-electron chi connectivity index (χ4n) is 2.42. The Kier molecular flexibility index (Phi) is 3.26. The number of hydrogen-bond acceptors (Lipinski definition) is 4. The molecule has 0 aromatic carbocycles. The van der Waals surface area contributed by atoms with Crippen molar-refractivity contribution in [3.8, 4) is 0 Å². The van der Waals surface area contributed by atoms with Gasteiger partial charge in [-0.15, -0.1) is 0 Å². The zero-order valence-electron chi connectivity index (χ0n) is 10.3. The lowest BCUT2D eigenvalue weighted by molar-refractivity contribution is 0.0670. The van der Waals surface area contributed by atoms with E-state index < -0.39 is 0 Å². The Labute approximate surface area is 101 Å². The molecule has 1 saturated heterocycles. The van der Waals surface area contributed by atoms with Crippen LogP contribution in [0.1, 0.15) is 43.6 Å². The van der Waals surface area contributed by atoms with E-state index in [1.54, 1.807) is 0 Å². The molecule has 2 rings (SSSR count). The third-order valence-corrected chi connectivity index (χ3v) is 3.38. The van der Waals surface area contributed by atoms with Gasteiger partial charge in [-0.1, -0.05) is 6.92 Å². The van der Waals surface area contributed by atoms with E-state index in [1.165, 1.54) is 12.4 Å². The Balaban J connectivity index is 2.21. The molecule has 0 saturated carbocycles. The van der Waals surface area contributed by atoms with Crippen molar-refractivity contribution < 1.29 is 4.79 Å². The first-order valence-electron chi connectivity index (χ1n) is 6.03. The average molecular weight is 234 g/mol. The van der Waals surface area contributed by atoms with Crippen LogP contribution < -0.4 is 5.73 Å². The van der Waals surface area contributed by atoms with Gasteiger partial charge in [-0.25, -0.2) is 9.97 Å². The van der Waals surface area contributed by atoms with Crippen LogP contribution in [0.25, 0.3) is 0 Å². The van der Waals surface area contributed by atoms with Gasteiger partial charge in [0.15, 0.2) is 0 Å². The first-order chi connectivity index (χ1) is 8.13. The molecule has 5 heteroatoms. The van der Waals surface area contributed by atoms with Crippen molar-refractivity contribution in [2.45, 2.75) is 45.2 Å². The maximum absolute atomic E-state index is 12.3. The number of nitrogens with zero attached hydrogens (tertiary/aromatic N) is 3. The van der Waals surface area contributed by atoms with Gasteiger partial charge in [-0.05, 0) is 26.2 Å². The highest BCUT2D eigenvalue weighted by molar-refractivity contribution is 5.92. The van der Waals surface area contributed by atoms with Gasteiger partial charge in [0.1, 0.15) is 11.5 Å². The summed E-state index contributed by atoms with van der Waals surface area (Å²) in [5.74, 6) is 0.303. The summed E-state index contributed by atoms with van der Waals surface area (Å²) < 4.78 is 0. The molecule has 2 unspecified atom stereocenters. The summed E-state index contributed by atoms with van der Waals surface area (Å²) in [5, 5.41) is 0. The normalized spacial score (nSPS) is 24.0. The second-order valence-corrected chi connectivity index (χ2v) is 4.53. The van der Waals surface area contributed by atoms with Crippen molar-refractivity contribution in [1.29, 1.82) is 0 Å². The molecule has 2 atom stereocenters. The molecule has 1 aromatic rings. The summed E-state index contributed by atoms with van der Waals surface area (Å²) >= 11 is 0. The van der Waals surface area contributed by atoms with Crippen LogP contribution in [0.2, 0.25) is 0 Å². The van der Waals surface area contributed by atoms with Crippen LogP contribution in [0.5, 0.6) is 0 Å². The molecule has 1 amide bonds. The van der Waals surface area contributed by atoms with Gasteiger partial charge in [0.2, 0.25) is 0 Å². The lowest BCUT2D eigenvalue weighted by atomic mass is 10.1. The monoisotopic (exact) mass is 234 g/mol. The Morgan fingerprint density at radius 1 is 1.47 bits per heavy atom. The van der Waals surface area contributed by atoms with Crippen molar-refractivity contribution in [3.05, 3.63) is 18.1 Å². The second kappa shape index (κ2) is 4.69. The van der Waals surface area contributed by atoms with Crippen molar-refractivity contribution in [2.75, 3.05) is 5.73 Å². The van der Waals surface area contributed by atoms with Crippen LogP contribution in [0, 0.1) is 0 Å². The molecule has 1 aliphatic heterocycles. The highest BCUT2D eigenvalue weighted by Crippen LogP contribution is 2.27. The largest absolute Gasteiger partial charge is 0.382 e. The standard InChI is InChI=1S/C12H18N4O/c1-3-9-5-4-8(2)16(9)12(17)10-6-15-11(13)7-14-10/h6-9H,3-5H2,1-2H3,(H2,13,15). The predicted molar refractivity (Wildman–Crippen MR) is 65.4 cm³/mol. The molecular formula is C12H18N4O. The summed E-state index contributed by atoms with van der Waals surface area (Å²) in [6, 6.07) is 0.614. The number of nitrogen functional groups attached to an aromatic ring is 1. The Hall–Kier alpha value is -1.65. The maximum Gasteiger partial charge on any atom is 0.274 e. The van der Waals surface area contributed by atoms with Crippen LogP contribution in [-0.2, 0) is 0 Å². The van der Waals surface area contributed by atoms with Gasteiger partial charge in [0.05, 0.1) is 12.4 Å². The number of likely N-dealkylation sites (tertiary alicyclic amines) is 1. The number of carbonyl (C=O) groups is 1. The van der Waals surface area contributed by atoms with Crippen molar-refractivity contribution >= 4 is 11.7 Å². The number of hydrogen-bond donors (Lipinski definition) is 1. The lowest BCUT2D eigenvalue weighted by Crippen LogP contribution is -2.40. The van der Waals surface area contributed by atoms with Crippen LogP contribution in [0.3, 0.4) is 0 Å². The number of carbonyl (C=O) groups excluding carboxylic acids is 1. The molecule has 0 aliphatic carbocycles. The molecule has 92 valence electrons. The predicted octanol–water partition coefficient (Wildman–Crippen LogP) is 1.46. The third kappa shape index (κ3) is 2.23. The van der Waals surface area contributed by atoms with Gasteiger partial charge < -0.3 is 10.6 Å². The molecule has 1 aromatic heterocycles. The molecule has 1 fully saturated rings. The van der Waals surface area contributed by atoms with Gasteiger partial charge >= 0.3 is 0 Å².